The minimum absolute atomic E-state index is 0.706. The van der Waals surface area contributed by atoms with E-state index in [2.05, 4.69) is 18.0 Å². The number of nitrogens with zero attached hydrogens (tertiary/aromatic N) is 1. The van der Waals surface area contributed by atoms with Crippen molar-refractivity contribution in [3.8, 4) is 0 Å². The summed E-state index contributed by atoms with van der Waals surface area (Å²) in [6, 6.07) is 6.06. The summed E-state index contributed by atoms with van der Waals surface area (Å²) < 4.78 is 11.0. The predicted molar refractivity (Wildman–Crippen MR) is 89.9 cm³/mol. The highest BCUT2D eigenvalue weighted by Gasteiger charge is 1.95. The molecule has 1 aromatic heterocycles. The van der Waals surface area contributed by atoms with Crippen LogP contribution in [0.15, 0.2) is 24.4 Å². The number of hydrogen-bond donors (Lipinski definition) is 0. The second-order valence-electron chi connectivity index (χ2n) is 4.11. The van der Waals surface area contributed by atoms with Crippen LogP contribution in [0.3, 0.4) is 0 Å². The third-order valence-electron chi connectivity index (χ3n) is 2.55. The van der Waals surface area contributed by atoms with Crippen molar-refractivity contribution < 1.29 is 9.47 Å². The molecule has 5 heteroatoms. The van der Waals surface area contributed by atoms with Gasteiger partial charge < -0.3 is 9.47 Å². The van der Waals surface area contributed by atoms with Gasteiger partial charge in [-0.15, -0.1) is 0 Å². The second-order valence-corrected chi connectivity index (χ2v) is 6.72. The van der Waals surface area contributed by atoms with Gasteiger partial charge in [-0.2, -0.15) is 23.5 Å². The molecule has 0 aliphatic rings. The lowest BCUT2D eigenvalue weighted by molar-refractivity contribution is 0.0605. The van der Waals surface area contributed by atoms with Gasteiger partial charge in [0.2, 0.25) is 0 Å². The van der Waals surface area contributed by atoms with E-state index in [0.29, 0.717) is 13.2 Å². The minimum Gasteiger partial charge on any atom is -0.378 e. The van der Waals surface area contributed by atoms with Crippen LogP contribution in [0.1, 0.15) is 12.6 Å². The lowest BCUT2D eigenvalue weighted by atomic mass is 10.3. The molecule has 1 rings (SSSR count). The Hall–Kier alpha value is -0.230. The smallest absolute Gasteiger partial charge is 0.0700 e. The van der Waals surface area contributed by atoms with E-state index in [1.807, 2.05) is 41.9 Å². The standard InChI is InChI=1S/C15H25NO2S2/c1-2-19-13-10-17-8-9-18-11-14-20-12-6-15-5-3-4-7-16-15/h3-5,7H,2,6,8-14H2,1H3. The molecule has 0 radical (unpaired) electrons. The lowest BCUT2D eigenvalue weighted by Gasteiger charge is -2.05. The van der Waals surface area contributed by atoms with Crippen molar-refractivity contribution in [2.75, 3.05) is 49.4 Å². The molecule has 20 heavy (non-hydrogen) atoms. The van der Waals surface area contributed by atoms with Gasteiger partial charge in [-0.05, 0) is 30.1 Å². The molecule has 0 saturated heterocycles. The molecule has 0 bridgehead atoms. The molecule has 0 aliphatic carbocycles. The fourth-order valence-electron chi connectivity index (χ4n) is 1.53. The van der Waals surface area contributed by atoms with E-state index in [4.69, 9.17) is 9.47 Å². The predicted octanol–water partition coefficient (Wildman–Crippen LogP) is 3.14. The van der Waals surface area contributed by atoms with E-state index < -0.39 is 0 Å². The van der Waals surface area contributed by atoms with Crippen molar-refractivity contribution in [1.29, 1.82) is 0 Å². The quantitative estimate of drug-likeness (QED) is 0.522. The first kappa shape index (κ1) is 17.8. The van der Waals surface area contributed by atoms with Gasteiger partial charge in [0.25, 0.3) is 0 Å². The van der Waals surface area contributed by atoms with Crippen LogP contribution in [0.5, 0.6) is 0 Å². The van der Waals surface area contributed by atoms with Gasteiger partial charge >= 0.3 is 0 Å². The fraction of sp³-hybridized carbons (Fsp3) is 0.667. The number of rotatable bonds is 13. The van der Waals surface area contributed by atoms with Gasteiger partial charge in [-0.3, -0.25) is 4.98 Å². The minimum atomic E-state index is 0.706. The average molecular weight is 316 g/mol. The Balaban J connectivity index is 1.77. The van der Waals surface area contributed by atoms with E-state index >= 15 is 0 Å². The molecule has 114 valence electrons. The zero-order valence-corrected chi connectivity index (χ0v) is 13.9. The molecule has 0 saturated carbocycles. The molecule has 0 spiro atoms. The number of thioether (sulfide) groups is 2. The monoisotopic (exact) mass is 315 g/mol. The van der Waals surface area contributed by atoms with Crippen LogP contribution in [0.25, 0.3) is 0 Å². The van der Waals surface area contributed by atoms with Gasteiger partial charge in [-0.25, -0.2) is 0 Å². The van der Waals surface area contributed by atoms with E-state index in [0.717, 1.165) is 42.6 Å². The molecule has 1 aromatic rings. The molecule has 0 amide bonds. The first-order valence-corrected chi connectivity index (χ1v) is 9.45. The van der Waals surface area contributed by atoms with Gasteiger partial charge in [0, 0.05) is 23.4 Å². The Morgan fingerprint density at radius 1 is 0.950 bits per heavy atom. The Kier molecular flexibility index (Phi) is 12.2. The van der Waals surface area contributed by atoms with Crippen LogP contribution in [-0.4, -0.2) is 54.4 Å². The van der Waals surface area contributed by atoms with Crippen molar-refractivity contribution in [2.45, 2.75) is 13.3 Å². The summed E-state index contributed by atoms with van der Waals surface area (Å²) in [5.41, 5.74) is 1.17. The van der Waals surface area contributed by atoms with Crippen LogP contribution < -0.4 is 0 Å². The SMILES string of the molecule is CCSCCOCCOCCSCCc1ccccn1. The first-order valence-electron chi connectivity index (χ1n) is 7.14. The topological polar surface area (TPSA) is 31.4 Å². The summed E-state index contributed by atoms with van der Waals surface area (Å²) >= 11 is 3.82. The number of ether oxygens (including phenoxy) is 2. The number of aryl methyl sites for hydroxylation is 1. The molecule has 3 nitrogen and oxygen atoms in total. The van der Waals surface area contributed by atoms with Crippen LogP contribution in [-0.2, 0) is 15.9 Å². The number of pyridine rings is 1. The third kappa shape index (κ3) is 10.5. The van der Waals surface area contributed by atoms with Crippen molar-refractivity contribution >= 4 is 23.5 Å². The third-order valence-corrected chi connectivity index (χ3v) is 4.36. The average Bonchev–Trinajstić information content (AvgIpc) is 2.49. The lowest BCUT2D eigenvalue weighted by Crippen LogP contribution is -2.08. The summed E-state index contributed by atoms with van der Waals surface area (Å²) in [5, 5.41) is 0. The van der Waals surface area contributed by atoms with Crippen LogP contribution in [0.4, 0.5) is 0 Å². The van der Waals surface area contributed by atoms with Crippen molar-refractivity contribution in [1.82, 2.24) is 4.98 Å². The summed E-state index contributed by atoms with van der Waals surface area (Å²) in [6.07, 6.45) is 2.88. The molecule has 1 heterocycles. The molecule has 0 aromatic carbocycles. The van der Waals surface area contributed by atoms with Gasteiger partial charge in [0.15, 0.2) is 0 Å². The maximum atomic E-state index is 5.52. The molecule has 0 N–H and O–H groups in total. The van der Waals surface area contributed by atoms with Crippen molar-refractivity contribution in [3.63, 3.8) is 0 Å². The summed E-state index contributed by atoms with van der Waals surface area (Å²) in [5.74, 6) is 4.39. The van der Waals surface area contributed by atoms with Gasteiger partial charge in [-0.1, -0.05) is 13.0 Å². The molecular weight excluding hydrogens is 290 g/mol. The maximum absolute atomic E-state index is 5.52. The highest BCUT2D eigenvalue weighted by Crippen LogP contribution is 2.04. The van der Waals surface area contributed by atoms with Crippen LogP contribution >= 0.6 is 23.5 Å². The zero-order chi connectivity index (χ0) is 14.3. The van der Waals surface area contributed by atoms with Gasteiger partial charge in [0.05, 0.1) is 26.4 Å². The van der Waals surface area contributed by atoms with E-state index in [9.17, 15) is 0 Å². The summed E-state index contributed by atoms with van der Waals surface area (Å²) in [7, 11) is 0. The Labute approximate surface area is 131 Å². The number of aromatic nitrogens is 1. The Morgan fingerprint density at radius 2 is 1.70 bits per heavy atom. The zero-order valence-electron chi connectivity index (χ0n) is 12.3. The van der Waals surface area contributed by atoms with Crippen molar-refractivity contribution in [2.24, 2.45) is 0 Å². The Morgan fingerprint density at radius 3 is 2.35 bits per heavy atom. The normalized spacial score (nSPS) is 10.8. The first-order chi connectivity index (χ1) is 9.93. The molecule has 0 aliphatic heterocycles. The molecule has 0 fully saturated rings. The van der Waals surface area contributed by atoms with Gasteiger partial charge in [0.1, 0.15) is 0 Å². The van der Waals surface area contributed by atoms with E-state index in [1.54, 1.807) is 0 Å². The number of hydrogen-bond acceptors (Lipinski definition) is 5. The van der Waals surface area contributed by atoms with E-state index in [1.165, 1.54) is 5.69 Å². The van der Waals surface area contributed by atoms with Crippen LogP contribution in [0, 0.1) is 0 Å². The Bertz CT molecular complexity index is 312. The molecule has 0 unspecified atom stereocenters. The fourth-order valence-corrected chi connectivity index (χ4v) is 2.84. The van der Waals surface area contributed by atoms with Crippen molar-refractivity contribution in [3.05, 3.63) is 30.1 Å². The highest BCUT2D eigenvalue weighted by atomic mass is 32.2. The largest absolute Gasteiger partial charge is 0.378 e. The highest BCUT2D eigenvalue weighted by molar-refractivity contribution is 7.99. The molecule has 0 atom stereocenters. The summed E-state index contributed by atoms with van der Waals surface area (Å²) in [6.45, 7) is 5.22. The second kappa shape index (κ2) is 13.7. The summed E-state index contributed by atoms with van der Waals surface area (Å²) in [4.78, 5) is 4.30. The van der Waals surface area contributed by atoms with Crippen LogP contribution in [0.2, 0.25) is 0 Å². The maximum Gasteiger partial charge on any atom is 0.0700 e. The molecular formula is C15H25NO2S2. The van der Waals surface area contributed by atoms with E-state index in [-0.39, 0.29) is 0 Å².